The lowest BCUT2D eigenvalue weighted by Crippen LogP contribution is -2.54. The summed E-state index contributed by atoms with van der Waals surface area (Å²) in [5, 5.41) is 2.19. The summed E-state index contributed by atoms with van der Waals surface area (Å²) in [7, 11) is -3.43. The van der Waals surface area contributed by atoms with Crippen LogP contribution in [0.15, 0.2) is 18.2 Å². The van der Waals surface area contributed by atoms with Crippen molar-refractivity contribution >= 4 is 39.4 Å². The Hall–Kier alpha value is -2.79. The van der Waals surface area contributed by atoms with Gasteiger partial charge < -0.3 is 4.90 Å². The van der Waals surface area contributed by atoms with Crippen LogP contribution >= 0.6 is 0 Å². The summed E-state index contributed by atoms with van der Waals surface area (Å²) in [6.07, 6.45) is 3.63. The molecule has 3 heterocycles. The highest BCUT2D eigenvalue weighted by Crippen LogP contribution is 2.32. The van der Waals surface area contributed by atoms with Crippen LogP contribution in [0.2, 0.25) is 0 Å². The second-order valence-corrected chi connectivity index (χ2v) is 10.1. The number of carbonyl (C=O) groups excluding carboxylic acids is 4. The Kier molecular flexibility index (Phi) is 6.04. The first-order chi connectivity index (χ1) is 15.1. The van der Waals surface area contributed by atoms with Crippen molar-refractivity contribution in [2.45, 2.75) is 38.1 Å². The van der Waals surface area contributed by atoms with Gasteiger partial charge in [0.2, 0.25) is 11.8 Å². The number of nitrogens with zero attached hydrogens (tertiary/aromatic N) is 2. The van der Waals surface area contributed by atoms with Crippen molar-refractivity contribution in [2.75, 3.05) is 30.9 Å². The Balaban J connectivity index is 1.41. The molecule has 0 radical (unpaired) electrons. The maximum atomic E-state index is 13.0. The van der Waals surface area contributed by atoms with Crippen LogP contribution < -0.4 is 10.2 Å². The predicted molar refractivity (Wildman–Crippen MR) is 113 cm³/mol. The van der Waals surface area contributed by atoms with Crippen molar-refractivity contribution in [1.82, 2.24) is 10.2 Å². The Morgan fingerprint density at radius 3 is 2.38 bits per heavy atom. The standard InChI is InChI=1S/C21H25N3O7S/c1-32(29,30)31-11-8-13-6-9-23(10-7-13)14-2-3-15-16(12-14)21(28)24(20(15)27)17-4-5-18(25)22-19(17)26/h2-3,12-13,17H,4-11H2,1H3,(H,22,25,26). The summed E-state index contributed by atoms with van der Waals surface area (Å²) in [6.45, 7) is 1.65. The molecule has 1 aromatic rings. The molecule has 4 rings (SSSR count). The number of benzene rings is 1. The monoisotopic (exact) mass is 463 g/mol. The summed E-state index contributed by atoms with van der Waals surface area (Å²) in [5.74, 6) is -1.72. The van der Waals surface area contributed by atoms with Crippen LogP contribution in [0.25, 0.3) is 0 Å². The lowest BCUT2D eigenvalue weighted by Gasteiger charge is -2.33. The Morgan fingerprint density at radius 2 is 1.72 bits per heavy atom. The van der Waals surface area contributed by atoms with Crippen LogP contribution in [-0.4, -0.2) is 68.9 Å². The zero-order valence-corrected chi connectivity index (χ0v) is 18.5. The van der Waals surface area contributed by atoms with E-state index in [1.807, 2.05) is 0 Å². The van der Waals surface area contributed by atoms with E-state index in [1.54, 1.807) is 18.2 Å². The molecule has 0 spiro atoms. The number of anilines is 1. The van der Waals surface area contributed by atoms with Crippen molar-refractivity contribution < 1.29 is 31.8 Å². The van der Waals surface area contributed by atoms with E-state index < -0.39 is 39.8 Å². The number of amides is 4. The van der Waals surface area contributed by atoms with Crippen LogP contribution in [0.5, 0.6) is 0 Å². The molecule has 0 bridgehead atoms. The summed E-state index contributed by atoms with van der Waals surface area (Å²) in [5.41, 5.74) is 1.35. The maximum absolute atomic E-state index is 13.0. The molecule has 2 fully saturated rings. The molecule has 10 nitrogen and oxygen atoms in total. The lowest BCUT2D eigenvalue weighted by molar-refractivity contribution is -0.136. The van der Waals surface area contributed by atoms with Gasteiger partial charge >= 0.3 is 0 Å². The summed E-state index contributed by atoms with van der Waals surface area (Å²) in [4.78, 5) is 52.5. The molecule has 3 aliphatic heterocycles. The van der Waals surface area contributed by atoms with Crippen molar-refractivity contribution in [1.29, 1.82) is 0 Å². The second kappa shape index (κ2) is 8.62. The minimum atomic E-state index is -3.43. The molecule has 32 heavy (non-hydrogen) atoms. The first-order valence-electron chi connectivity index (χ1n) is 10.6. The van der Waals surface area contributed by atoms with Crippen molar-refractivity contribution in [3.63, 3.8) is 0 Å². The molecule has 11 heteroatoms. The number of imide groups is 2. The predicted octanol–water partition coefficient (Wildman–Crippen LogP) is 0.671. The third-order valence-electron chi connectivity index (χ3n) is 6.23. The zero-order valence-electron chi connectivity index (χ0n) is 17.7. The number of fused-ring (bicyclic) bond motifs is 1. The van der Waals surface area contributed by atoms with Gasteiger partial charge in [0.15, 0.2) is 0 Å². The van der Waals surface area contributed by atoms with Gasteiger partial charge in [-0.15, -0.1) is 0 Å². The van der Waals surface area contributed by atoms with Crippen molar-refractivity contribution in [3.05, 3.63) is 29.3 Å². The fourth-order valence-electron chi connectivity index (χ4n) is 4.50. The van der Waals surface area contributed by atoms with Crippen LogP contribution in [0.3, 0.4) is 0 Å². The molecule has 4 amide bonds. The lowest BCUT2D eigenvalue weighted by atomic mass is 9.93. The van der Waals surface area contributed by atoms with E-state index in [9.17, 15) is 27.6 Å². The van der Waals surface area contributed by atoms with E-state index >= 15 is 0 Å². The SMILES string of the molecule is CS(=O)(=O)OCCC1CCN(c2ccc3c(c2)C(=O)N(C2CCC(=O)NC2=O)C3=O)CC1. The highest BCUT2D eigenvalue weighted by molar-refractivity contribution is 7.85. The van der Waals surface area contributed by atoms with E-state index in [2.05, 4.69) is 10.2 Å². The Bertz CT molecular complexity index is 1080. The number of hydrogen-bond donors (Lipinski definition) is 1. The van der Waals surface area contributed by atoms with Crippen molar-refractivity contribution in [3.8, 4) is 0 Å². The number of hydrogen-bond acceptors (Lipinski definition) is 8. The van der Waals surface area contributed by atoms with E-state index in [0.29, 0.717) is 12.3 Å². The van der Waals surface area contributed by atoms with Gasteiger partial charge in [0.1, 0.15) is 6.04 Å². The maximum Gasteiger partial charge on any atom is 0.264 e. The van der Waals surface area contributed by atoms with Gasteiger partial charge in [0.25, 0.3) is 21.9 Å². The minimum Gasteiger partial charge on any atom is -0.371 e. The Morgan fingerprint density at radius 1 is 1.03 bits per heavy atom. The largest absolute Gasteiger partial charge is 0.371 e. The van der Waals surface area contributed by atoms with E-state index in [4.69, 9.17) is 4.18 Å². The van der Waals surface area contributed by atoms with Gasteiger partial charge in [-0.2, -0.15) is 8.42 Å². The van der Waals surface area contributed by atoms with E-state index in [0.717, 1.165) is 42.8 Å². The number of nitrogens with one attached hydrogen (secondary N) is 1. The third kappa shape index (κ3) is 4.53. The van der Waals surface area contributed by atoms with Crippen LogP contribution in [0.4, 0.5) is 5.69 Å². The summed E-state index contributed by atoms with van der Waals surface area (Å²) >= 11 is 0. The average Bonchev–Trinajstić information content (AvgIpc) is 2.98. The smallest absolute Gasteiger partial charge is 0.264 e. The van der Waals surface area contributed by atoms with Gasteiger partial charge in [0.05, 0.1) is 24.0 Å². The molecule has 3 aliphatic rings. The van der Waals surface area contributed by atoms with Gasteiger partial charge in [-0.05, 0) is 49.8 Å². The first kappa shape index (κ1) is 22.4. The van der Waals surface area contributed by atoms with E-state index in [1.165, 1.54) is 0 Å². The fourth-order valence-corrected chi connectivity index (χ4v) is 4.90. The number of carbonyl (C=O) groups is 4. The molecule has 0 aromatic heterocycles. The fraction of sp³-hybridized carbons (Fsp3) is 0.524. The van der Waals surface area contributed by atoms with Crippen LogP contribution in [0, 0.1) is 5.92 Å². The molecule has 0 saturated carbocycles. The molecule has 0 aliphatic carbocycles. The average molecular weight is 464 g/mol. The van der Waals surface area contributed by atoms with Gasteiger partial charge in [-0.25, -0.2) is 0 Å². The van der Waals surface area contributed by atoms with Gasteiger partial charge in [0, 0.05) is 25.2 Å². The zero-order chi connectivity index (χ0) is 23.0. The first-order valence-corrected chi connectivity index (χ1v) is 12.4. The molecule has 1 N–H and O–H groups in total. The quantitative estimate of drug-likeness (QED) is 0.481. The van der Waals surface area contributed by atoms with Crippen molar-refractivity contribution in [2.24, 2.45) is 5.92 Å². The molecule has 172 valence electrons. The highest BCUT2D eigenvalue weighted by Gasteiger charge is 2.44. The van der Waals surface area contributed by atoms with E-state index in [-0.39, 0.29) is 30.6 Å². The molecule has 2 saturated heterocycles. The number of piperidine rings is 2. The normalized spacial score (nSPS) is 22.3. The minimum absolute atomic E-state index is 0.0826. The van der Waals surface area contributed by atoms with Gasteiger partial charge in [-0.3, -0.25) is 33.6 Å². The Labute approximate surface area is 186 Å². The highest BCUT2D eigenvalue weighted by atomic mass is 32.2. The molecule has 1 aromatic carbocycles. The topological polar surface area (TPSA) is 130 Å². The number of rotatable bonds is 6. The third-order valence-corrected chi connectivity index (χ3v) is 6.82. The summed E-state index contributed by atoms with van der Waals surface area (Å²) < 4.78 is 27.0. The van der Waals surface area contributed by atoms with Crippen LogP contribution in [0.1, 0.15) is 52.8 Å². The molecular weight excluding hydrogens is 438 g/mol. The summed E-state index contributed by atoms with van der Waals surface area (Å²) in [6, 6.07) is 4.12. The van der Waals surface area contributed by atoms with Crippen LogP contribution in [-0.2, 0) is 23.9 Å². The molecule has 1 atom stereocenters. The van der Waals surface area contributed by atoms with Gasteiger partial charge in [-0.1, -0.05) is 0 Å². The second-order valence-electron chi connectivity index (χ2n) is 8.42. The molecular formula is C21H25N3O7S. The molecule has 1 unspecified atom stereocenters.